The highest BCUT2D eigenvalue weighted by Crippen LogP contribution is 2.58. The van der Waals surface area contributed by atoms with Crippen molar-refractivity contribution in [3.8, 4) is 50.7 Å². The van der Waals surface area contributed by atoms with E-state index in [4.69, 9.17) is 9.97 Å². The summed E-state index contributed by atoms with van der Waals surface area (Å²) in [6.45, 7) is 4.78. The van der Waals surface area contributed by atoms with E-state index in [1.165, 1.54) is 86.6 Å². The van der Waals surface area contributed by atoms with Crippen molar-refractivity contribution in [1.82, 2.24) is 14.5 Å². The standard InChI is InChI=1S/C62H41N3S/c1-61(2)49-28-13-9-24-43(49)45-34-35-54-57(58(45)61)48-33-32-40(62(39-20-7-4-8-21-39)50-29-14-10-22-41(50)42-23-11-15-30-51(42)62)36-55(48)65(54)60-63-52(38-18-5-3-6-19-38)37-53(64-60)47-27-17-26-46-44-25-12-16-31-56(44)66-59(46)47/h3-37H,1-2H3. The summed E-state index contributed by atoms with van der Waals surface area (Å²) in [5, 5.41) is 4.96. The highest BCUT2D eigenvalue weighted by Gasteiger charge is 2.46. The number of benzene rings is 9. The molecule has 310 valence electrons. The van der Waals surface area contributed by atoms with E-state index in [9.17, 15) is 0 Å². The Morgan fingerprint density at radius 3 is 1.79 bits per heavy atom. The fraction of sp³-hybridized carbons (Fsp3) is 0.0645. The third kappa shape index (κ3) is 5.02. The molecule has 66 heavy (non-hydrogen) atoms. The molecule has 3 heterocycles. The fourth-order valence-electron chi connectivity index (χ4n) is 11.9. The molecule has 9 aromatic carbocycles. The second-order valence-electron chi connectivity index (χ2n) is 18.4. The Morgan fingerprint density at radius 2 is 1.03 bits per heavy atom. The predicted octanol–water partition coefficient (Wildman–Crippen LogP) is 15.9. The molecule has 0 radical (unpaired) electrons. The first-order valence-electron chi connectivity index (χ1n) is 22.8. The Labute approximate surface area is 387 Å². The Kier molecular flexibility index (Phi) is 7.83. The molecule has 2 aliphatic rings. The van der Waals surface area contributed by atoms with Crippen LogP contribution >= 0.6 is 11.3 Å². The molecule has 0 amide bonds. The van der Waals surface area contributed by atoms with Gasteiger partial charge < -0.3 is 0 Å². The van der Waals surface area contributed by atoms with E-state index < -0.39 is 5.41 Å². The van der Waals surface area contributed by atoms with E-state index in [-0.39, 0.29) is 5.41 Å². The minimum Gasteiger partial charge on any atom is -0.278 e. The van der Waals surface area contributed by atoms with Gasteiger partial charge >= 0.3 is 0 Å². The third-order valence-electron chi connectivity index (χ3n) is 14.7. The number of rotatable bonds is 5. The summed E-state index contributed by atoms with van der Waals surface area (Å²) in [6, 6.07) is 78.1. The van der Waals surface area contributed by atoms with Gasteiger partial charge in [0.05, 0.1) is 27.8 Å². The molecule has 0 saturated heterocycles. The van der Waals surface area contributed by atoms with E-state index in [0.717, 1.165) is 33.5 Å². The molecule has 0 saturated carbocycles. The molecule has 3 nitrogen and oxygen atoms in total. The van der Waals surface area contributed by atoms with Crippen molar-refractivity contribution in [2.45, 2.75) is 24.7 Å². The number of hydrogen-bond donors (Lipinski definition) is 0. The number of nitrogens with zero attached hydrogens (tertiary/aromatic N) is 3. The van der Waals surface area contributed by atoms with Crippen LogP contribution in [0.4, 0.5) is 0 Å². The quantitative estimate of drug-likeness (QED) is 0.173. The average molecular weight is 860 g/mol. The van der Waals surface area contributed by atoms with Gasteiger partial charge in [-0.2, -0.15) is 0 Å². The maximum absolute atomic E-state index is 5.69. The van der Waals surface area contributed by atoms with Crippen molar-refractivity contribution in [2.24, 2.45) is 0 Å². The average Bonchev–Trinajstić information content (AvgIpc) is 4.08. The second kappa shape index (κ2) is 13.8. The lowest BCUT2D eigenvalue weighted by Gasteiger charge is -2.34. The van der Waals surface area contributed by atoms with Gasteiger partial charge in [-0.05, 0) is 79.9 Å². The van der Waals surface area contributed by atoms with Gasteiger partial charge in [0.15, 0.2) is 0 Å². The molecule has 4 heteroatoms. The molecule has 0 fully saturated rings. The lowest BCUT2D eigenvalue weighted by Crippen LogP contribution is -2.28. The predicted molar refractivity (Wildman–Crippen MR) is 275 cm³/mol. The number of aromatic nitrogens is 3. The van der Waals surface area contributed by atoms with Crippen LogP contribution in [-0.2, 0) is 10.8 Å². The third-order valence-corrected chi connectivity index (χ3v) is 15.9. The van der Waals surface area contributed by atoms with Crippen molar-refractivity contribution in [3.63, 3.8) is 0 Å². The van der Waals surface area contributed by atoms with Crippen LogP contribution in [0, 0.1) is 0 Å². The Hall–Kier alpha value is -7.92. The number of hydrogen-bond acceptors (Lipinski definition) is 3. The van der Waals surface area contributed by atoms with Crippen LogP contribution in [0.5, 0.6) is 0 Å². The molecular formula is C62H41N3S. The van der Waals surface area contributed by atoms with Gasteiger partial charge in [-0.3, -0.25) is 4.57 Å². The van der Waals surface area contributed by atoms with Gasteiger partial charge in [-0.25, -0.2) is 9.97 Å². The summed E-state index contributed by atoms with van der Waals surface area (Å²) in [4.78, 5) is 11.3. The highest BCUT2D eigenvalue weighted by molar-refractivity contribution is 7.26. The molecule has 2 aliphatic carbocycles. The monoisotopic (exact) mass is 859 g/mol. The molecule has 0 aliphatic heterocycles. The zero-order valence-electron chi connectivity index (χ0n) is 36.5. The molecule has 14 rings (SSSR count). The number of fused-ring (bicyclic) bond motifs is 13. The van der Waals surface area contributed by atoms with Gasteiger partial charge in [0.25, 0.3) is 0 Å². The van der Waals surface area contributed by atoms with Gasteiger partial charge in [0, 0.05) is 47.5 Å². The minimum absolute atomic E-state index is 0.244. The first-order valence-corrected chi connectivity index (χ1v) is 23.6. The first-order chi connectivity index (χ1) is 32.5. The van der Waals surface area contributed by atoms with Crippen molar-refractivity contribution in [2.75, 3.05) is 0 Å². The topological polar surface area (TPSA) is 30.7 Å². The Morgan fingerprint density at radius 1 is 0.424 bits per heavy atom. The van der Waals surface area contributed by atoms with Crippen molar-refractivity contribution in [1.29, 1.82) is 0 Å². The van der Waals surface area contributed by atoms with Gasteiger partial charge in [-0.15, -0.1) is 11.3 Å². The Bertz CT molecular complexity index is 3920. The maximum atomic E-state index is 5.69. The molecule has 0 unspecified atom stereocenters. The van der Waals surface area contributed by atoms with E-state index in [2.05, 4.69) is 231 Å². The van der Waals surface area contributed by atoms with Crippen LogP contribution in [0.2, 0.25) is 0 Å². The van der Waals surface area contributed by atoms with Crippen LogP contribution < -0.4 is 0 Å². The normalized spacial score (nSPS) is 14.2. The maximum Gasteiger partial charge on any atom is 0.235 e. The minimum atomic E-state index is -0.573. The van der Waals surface area contributed by atoms with Crippen LogP contribution in [-0.4, -0.2) is 14.5 Å². The second-order valence-corrected chi connectivity index (χ2v) is 19.5. The summed E-state index contributed by atoms with van der Waals surface area (Å²) in [6.07, 6.45) is 0. The smallest absolute Gasteiger partial charge is 0.235 e. The molecule has 0 atom stereocenters. The van der Waals surface area contributed by atoms with Gasteiger partial charge in [0.2, 0.25) is 5.95 Å². The zero-order valence-corrected chi connectivity index (χ0v) is 37.3. The Balaban J connectivity index is 1.12. The van der Waals surface area contributed by atoms with Crippen LogP contribution in [0.25, 0.3) is 92.7 Å². The summed E-state index contributed by atoms with van der Waals surface area (Å²) >= 11 is 1.84. The van der Waals surface area contributed by atoms with Gasteiger partial charge in [-0.1, -0.05) is 202 Å². The zero-order chi connectivity index (χ0) is 43.7. The molecule has 0 bridgehead atoms. The van der Waals surface area contributed by atoms with Crippen LogP contribution in [0.15, 0.2) is 212 Å². The summed E-state index contributed by atoms with van der Waals surface area (Å²) < 4.78 is 4.87. The fourth-order valence-corrected chi connectivity index (χ4v) is 13.1. The summed E-state index contributed by atoms with van der Waals surface area (Å²) in [5.74, 6) is 0.649. The highest BCUT2D eigenvalue weighted by atomic mass is 32.1. The molecule has 0 spiro atoms. The van der Waals surface area contributed by atoms with E-state index in [0.29, 0.717) is 5.95 Å². The van der Waals surface area contributed by atoms with Crippen molar-refractivity contribution < 1.29 is 0 Å². The van der Waals surface area contributed by atoms with Crippen LogP contribution in [0.3, 0.4) is 0 Å². The van der Waals surface area contributed by atoms with Gasteiger partial charge in [0.1, 0.15) is 0 Å². The molecule has 12 aromatic rings. The van der Waals surface area contributed by atoms with Crippen LogP contribution in [0.1, 0.15) is 47.2 Å². The van der Waals surface area contributed by atoms with Crippen molar-refractivity contribution in [3.05, 3.63) is 246 Å². The van der Waals surface area contributed by atoms with E-state index in [1.54, 1.807) is 0 Å². The lowest BCUT2D eigenvalue weighted by atomic mass is 9.67. The molecule has 0 N–H and O–H groups in total. The largest absolute Gasteiger partial charge is 0.278 e. The lowest BCUT2D eigenvalue weighted by molar-refractivity contribution is 0.666. The molecular weight excluding hydrogens is 819 g/mol. The first kappa shape index (κ1) is 37.5. The van der Waals surface area contributed by atoms with E-state index in [1.807, 2.05) is 11.3 Å². The van der Waals surface area contributed by atoms with Crippen molar-refractivity contribution >= 4 is 53.3 Å². The summed E-state index contributed by atoms with van der Waals surface area (Å²) in [7, 11) is 0. The molecule has 3 aromatic heterocycles. The SMILES string of the molecule is CC1(C)c2ccccc2-c2ccc3c(c21)c1ccc(C2(c4ccccc4)c4ccccc4-c4ccccc42)cc1n3-c1nc(-c2ccccc2)cc(-c2cccc3c2sc2ccccc23)n1. The summed E-state index contributed by atoms with van der Waals surface area (Å²) in [5.41, 5.74) is 18.2. The number of thiophene rings is 1. The van der Waals surface area contributed by atoms with E-state index >= 15 is 0 Å².